The number of ether oxygens (including phenoxy) is 1. The molecule has 1 fully saturated rings. The minimum absolute atomic E-state index is 0.160. The minimum Gasteiger partial charge on any atom is -0.479 e. The summed E-state index contributed by atoms with van der Waals surface area (Å²) in [5.41, 5.74) is -1.92. The van der Waals surface area contributed by atoms with Crippen molar-refractivity contribution in [2.45, 2.75) is 38.8 Å². The number of hydrogen-bond donors (Lipinski definition) is 2. The third-order valence-electron chi connectivity index (χ3n) is 4.20. The number of carboxylic acids is 1. The molecule has 6 heteroatoms. The number of carbonyl (C=O) groups is 2. The van der Waals surface area contributed by atoms with Crippen LogP contribution >= 0.6 is 11.3 Å². The van der Waals surface area contributed by atoms with Gasteiger partial charge in [0.1, 0.15) is 5.54 Å². The topological polar surface area (TPSA) is 75.6 Å². The van der Waals surface area contributed by atoms with Gasteiger partial charge in [0.25, 0.3) is 5.91 Å². The average molecular weight is 297 g/mol. The van der Waals surface area contributed by atoms with Crippen molar-refractivity contribution in [1.82, 2.24) is 5.32 Å². The van der Waals surface area contributed by atoms with E-state index in [-0.39, 0.29) is 12.0 Å². The Hall–Kier alpha value is -1.40. The molecule has 0 saturated heterocycles. The molecular formula is C14H19NO4S. The Morgan fingerprint density at radius 3 is 2.70 bits per heavy atom. The zero-order valence-corrected chi connectivity index (χ0v) is 12.6. The number of amides is 1. The van der Waals surface area contributed by atoms with Crippen LogP contribution in [0.1, 0.15) is 36.9 Å². The standard InChI is InChI=1S/C14H19NO4S/c1-4-19-10-8-14(12(17)18,13(10,2)3)15-11(16)9-6-5-7-20-9/h5-7,10H,4,8H2,1-3H3,(H,15,16)(H,17,18). The molecule has 1 aromatic rings. The highest BCUT2D eigenvalue weighted by Crippen LogP contribution is 2.51. The minimum atomic E-state index is -1.27. The van der Waals surface area contributed by atoms with E-state index in [2.05, 4.69) is 5.32 Å². The molecule has 1 amide bonds. The molecule has 2 N–H and O–H groups in total. The highest BCUT2D eigenvalue weighted by atomic mass is 32.1. The van der Waals surface area contributed by atoms with Gasteiger partial charge < -0.3 is 15.2 Å². The predicted octanol–water partition coefficient (Wildman–Crippen LogP) is 2.14. The molecular weight excluding hydrogens is 278 g/mol. The van der Waals surface area contributed by atoms with E-state index in [1.54, 1.807) is 17.5 Å². The fourth-order valence-electron chi connectivity index (χ4n) is 2.70. The summed E-state index contributed by atoms with van der Waals surface area (Å²) in [7, 11) is 0. The number of carbonyl (C=O) groups excluding carboxylic acids is 1. The molecule has 0 aromatic carbocycles. The van der Waals surface area contributed by atoms with Gasteiger partial charge >= 0.3 is 5.97 Å². The first-order valence-electron chi connectivity index (χ1n) is 6.56. The van der Waals surface area contributed by atoms with E-state index in [1.165, 1.54) is 11.3 Å². The second-order valence-electron chi connectivity index (χ2n) is 5.51. The Kier molecular flexibility index (Phi) is 3.88. The Bertz CT molecular complexity index is 511. The summed E-state index contributed by atoms with van der Waals surface area (Å²) in [5, 5.41) is 14.1. The van der Waals surface area contributed by atoms with Gasteiger partial charge in [0.2, 0.25) is 0 Å². The summed E-state index contributed by atoms with van der Waals surface area (Å²) in [6.45, 7) is 6.04. The van der Waals surface area contributed by atoms with E-state index in [4.69, 9.17) is 4.74 Å². The predicted molar refractivity (Wildman–Crippen MR) is 76.0 cm³/mol. The fraction of sp³-hybridized carbons (Fsp3) is 0.571. The summed E-state index contributed by atoms with van der Waals surface area (Å²) in [4.78, 5) is 24.4. The number of thiophene rings is 1. The zero-order chi connectivity index (χ0) is 15.0. The summed E-state index contributed by atoms with van der Waals surface area (Å²) in [6, 6.07) is 3.45. The van der Waals surface area contributed by atoms with Crippen LogP contribution in [0.3, 0.4) is 0 Å². The smallest absolute Gasteiger partial charge is 0.330 e. The van der Waals surface area contributed by atoms with Crippen LogP contribution in [0, 0.1) is 5.41 Å². The second-order valence-corrected chi connectivity index (χ2v) is 6.46. The molecule has 2 rings (SSSR count). The molecule has 1 aromatic heterocycles. The van der Waals surface area contributed by atoms with Gasteiger partial charge in [-0.3, -0.25) is 4.79 Å². The maximum atomic E-state index is 12.2. The lowest BCUT2D eigenvalue weighted by atomic mass is 9.54. The summed E-state index contributed by atoms with van der Waals surface area (Å²) in [5.74, 6) is -1.35. The molecule has 1 saturated carbocycles. The number of aliphatic carboxylic acids is 1. The molecule has 2 unspecified atom stereocenters. The Morgan fingerprint density at radius 2 is 2.25 bits per heavy atom. The average Bonchev–Trinajstić information content (AvgIpc) is 2.90. The third-order valence-corrected chi connectivity index (χ3v) is 5.07. The molecule has 2 atom stereocenters. The largest absolute Gasteiger partial charge is 0.479 e. The molecule has 1 aliphatic rings. The van der Waals surface area contributed by atoms with Crippen LogP contribution in [0.5, 0.6) is 0 Å². The van der Waals surface area contributed by atoms with Crippen molar-refractivity contribution in [3.8, 4) is 0 Å². The maximum absolute atomic E-state index is 12.2. The SMILES string of the molecule is CCOC1CC(NC(=O)c2cccs2)(C(=O)O)C1(C)C. The molecule has 20 heavy (non-hydrogen) atoms. The van der Waals surface area contributed by atoms with E-state index >= 15 is 0 Å². The number of hydrogen-bond acceptors (Lipinski definition) is 4. The van der Waals surface area contributed by atoms with Gasteiger partial charge in [-0.1, -0.05) is 19.9 Å². The van der Waals surface area contributed by atoms with Crippen LogP contribution in [0.2, 0.25) is 0 Å². The van der Waals surface area contributed by atoms with Gasteiger partial charge in [0, 0.05) is 18.4 Å². The normalized spacial score (nSPS) is 27.6. The summed E-state index contributed by atoms with van der Waals surface area (Å²) >= 11 is 1.29. The van der Waals surface area contributed by atoms with Gasteiger partial charge in [0.15, 0.2) is 0 Å². The molecule has 1 aliphatic carbocycles. The van der Waals surface area contributed by atoms with E-state index in [0.29, 0.717) is 17.9 Å². The van der Waals surface area contributed by atoms with Crippen molar-refractivity contribution < 1.29 is 19.4 Å². The number of rotatable bonds is 5. The molecule has 0 radical (unpaired) electrons. The first-order valence-corrected chi connectivity index (χ1v) is 7.44. The lowest BCUT2D eigenvalue weighted by molar-refractivity contribution is -0.190. The second kappa shape index (κ2) is 5.18. The van der Waals surface area contributed by atoms with Gasteiger partial charge in [0.05, 0.1) is 11.0 Å². The summed E-state index contributed by atoms with van der Waals surface area (Å²) < 4.78 is 5.56. The Labute approximate surface area is 121 Å². The fourth-order valence-corrected chi connectivity index (χ4v) is 3.32. The van der Waals surface area contributed by atoms with Crippen molar-refractivity contribution in [2.24, 2.45) is 5.41 Å². The first kappa shape index (κ1) is 15.0. The van der Waals surface area contributed by atoms with Gasteiger partial charge in [-0.15, -0.1) is 11.3 Å². The summed E-state index contributed by atoms with van der Waals surface area (Å²) in [6.07, 6.45) is 0.132. The molecule has 5 nitrogen and oxygen atoms in total. The third kappa shape index (κ3) is 2.13. The van der Waals surface area contributed by atoms with Crippen molar-refractivity contribution in [1.29, 1.82) is 0 Å². The lowest BCUT2D eigenvalue weighted by Gasteiger charge is -2.58. The van der Waals surface area contributed by atoms with E-state index in [1.807, 2.05) is 20.8 Å². The van der Waals surface area contributed by atoms with E-state index in [0.717, 1.165) is 0 Å². The molecule has 1 heterocycles. The van der Waals surface area contributed by atoms with Crippen LogP contribution in [0.15, 0.2) is 17.5 Å². The van der Waals surface area contributed by atoms with Crippen LogP contribution in [-0.4, -0.2) is 35.2 Å². The zero-order valence-electron chi connectivity index (χ0n) is 11.8. The highest BCUT2D eigenvalue weighted by molar-refractivity contribution is 7.12. The quantitative estimate of drug-likeness (QED) is 0.873. The molecule has 0 aliphatic heterocycles. The van der Waals surface area contributed by atoms with Gasteiger partial charge in [-0.2, -0.15) is 0 Å². The highest BCUT2D eigenvalue weighted by Gasteiger charge is 2.66. The molecule has 0 bridgehead atoms. The van der Waals surface area contributed by atoms with Crippen LogP contribution in [-0.2, 0) is 9.53 Å². The molecule has 110 valence electrons. The van der Waals surface area contributed by atoms with E-state index in [9.17, 15) is 14.7 Å². The maximum Gasteiger partial charge on any atom is 0.330 e. The van der Waals surface area contributed by atoms with Crippen LogP contribution in [0.25, 0.3) is 0 Å². The van der Waals surface area contributed by atoms with Crippen LogP contribution in [0.4, 0.5) is 0 Å². The van der Waals surface area contributed by atoms with Gasteiger partial charge in [-0.25, -0.2) is 4.79 Å². The number of nitrogens with one attached hydrogen (secondary N) is 1. The van der Waals surface area contributed by atoms with Crippen molar-refractivity contribution in [3.63, 3.8) is 0 Å². The molecule has 0 spiro atoms. The van der Waals surface area contributed by atoms with Crippen molar-refractivity contribution in [3.05, 3.63) is 22.4 Å². The Morgan fingerprint density at radius 1 is 1.55 bits per heavy atom. The van der Waals surface area contributed by atoms with Crippen LogP contribution < -0.4 is 5.32 Å². The lowest BCUT2D eigenvalue weighted by Crippen LogP contribution is -2.76. The van der Waals surface area contributed by atoms with Crippen molar-refractivity contribution >= 4 is 23.2 Å². The first-order chi connectivity index (χ1) is 9.35. The Balaban J connectivity index is 2.21. The van der Waals surface area contributed by atoms with Gasteiger partial charge in [-0.05, 0) is 18.4 Å². The monoisotopic (exact) mass is 297 g/mol. The van der Waals surface area contributed by atoms with E-state index < -0.39 is 16.9 Å². The van der Waals surface area contributed by atoms with Crippen molar-refractivity contribution in [2.75, 3.05) is 6.61 Å². The number of carboxylic acid groups (broad SMARTS) is 1.